The molecular formula is C28H36N2O3. The molecule has 0 aromatic heterocycles. The maximum Gasteiger partial charge on any atom is 0.243 e. The van der Waals surface area contributed by atoms with Crippen LogP contribution in [-0.2, 0) is 22.6 Å². The van der Waals surface area contributed by atoms with E-state index in [4.69, 9.17) is 4.74 Å². The van der Waals surface area contributed by atoms with E-state index in [9.17, 15) is 9.59 Å². The largest absolute Gasteiger partial charge is 0.497 e. The lowest BCUT2D eigenvalue weighted by Gasteiger charge is -2.31. The minimum Gasteiger partial charge on any atom is -0.497 e. The second-order valence-corrected chi connectivity index (χ2v) is 8.58. The highest BCUT2D eigenvalue weighted by Crippen LogP contribution is 2.20. The highest BCUT2D eigenvalue weighted by molar-refractivity contribution is 5.88. The van der Waals surface area contributed by atoms with Crippen LogP contribution < -0.4 is 10.1 Å². The van der Waals surface area contributed by atoms with Crippen LogP contribution in [0.15, 0.2) is 66.2 Å². The molecule has 3 rings (SSSR count). The van der Waals surface area contributed by atoms with Crippen molar-refractivity contribution in [1.29, 1.82) is 0 Å². The third kappa shape index (κ3) is 7.48. The van der Waals surface area contributed by atoms with Gasteiger partial charge in [0.2, 0.25) is 11.8 Å². The van der Waals surface area contributed by atoms with E-state index in [1.165, 1.54) is 18.4 Å². The van der Waals surface area contributed by atoms with Gasteiger partial charge in [-0.25, -0.2) is 0 Å². The first-order valence-electron chi connectivity index (χ1n) is 12.0. The molecule has 176 valence electrons. The lowest BCUT2D eigenvalue weighted by Crippen LogP contribution is -2.50. The Labute approximate surface area is 197 Å². The fourth-order valence-corrected chi connectivity index (χ4v) is 4.28. The normalized spacial score (nSPS) is 14.2. The zero-order valence-electron chi connectivity index (χ0n) is 19.9. The predicted molar refractivity (Wildman–Crippen MR) is 132 cm³/mol. The molecule has 0 unspecified atom stereocenters. The zero-order valence-corrected chi connectivity index (χ0v) is 19.9. The van der Waals surface area contributed by atoms with Gasteiger partial charge in [0, 0.05) is 25.9 Å². The van der Waals surface area contributed by atoms with Gasteiger partial charge in [-0.2, -0.15) is 0 Å². The van der Waals surface area contributed by atoms with E-state index in [1.807, 2.05) is 61.5 Å². The summed E-state index contributed by atoms with van der Waals surface area (Å²) in [5.74, 6) is 0.644. The molecule has 2 aromatic carbocycles. The van der Waals surface area contributed by atoms with Crippen molar-refractivity contribution in [2.24, 2.45) is 0 Å². The summed E-state index contributed by atoms with van der Waals surface area (Å²) in [5, 5.41) is 3.12. The van der Waals surface area contributed by atoms with Gasteiger partial charge >= 0.3 is 0 Å². The lowest BCUT2D eigenvalue weighted by molar-refractivity contribution is -0.141. The highest BCUT2D eigenvalue weighted by Gasteiger charge is 2.29. The SMILES string of the molecule is CCC(=O)N(Cc1ccc(OC)cc1)[C@@H](Cc1ccccc1)C(=O)NCCC1=CCCCC1. The molecule has 1 aliphatic carbocycles. The van der Waals surface area contributed by atoms with Crippen LogP contribution in [0.2, 0.25) is 0 Å². The molecule has 0 saturated carbocycles. The molecule has 1 atom stereocenters. The van der Waals surface area contributed by atoms with E-state index in [0.717, 1.165) is 36.1 Å². The lowest BCUT2D eigenvalue weighted by atomic mass is 9.97. The van der Waals surface area contributed by atoms with E-state index >= 15 is 0 Å². The summed E-state index contributed by atoms with van der Waals surface area (Å²) in [5.41, 5.74) is 3.44. The first-order chi connectivity index (χ1) is 16.1. The number of methoxy groups -OCH3 is 1. The van der Waals surface area contributed by atoms with E-state index in [1.54, 1.807) is 12.0 Å². The molecule has 5 heteroatoms. The molecule has 33 heavy (non-hydrogen) atoms. The molecule has 0 bridgehead atoms. The predicted octanol–water partition coefficient (Wildman–Crippen LogP) is 5.05. The number of amides is 2. The third-order valence-electron chi connectivity index (χ3n) is 6.22. The summed E-state index contributed by atoms with van der Waals surface area (Å²) in [6.07, 6.45) is 8.78. The maximum atomic E-state index is 13.4. The van der Waals surface area contributed by atoms with E-state index in [-0.39, 0.29) is 11.8 Å². The van der Waals surface area contributed by atoms with Crippen molar-refractivity contribution >= 4 is 11.8 Å². The van der Waals surface area contributed by atoms with Crippen LogP contribution in [0.4, 0.5) is 0 Å². The Balaban J connectivity index is 1.77. The smallest absolute Gasteiger partial charge is 0.243 e. The van der Waals surface area contributed by atoms with Gasteiger partial charge in [-0.15, -0.1) is 0 Å². The Kier molecular flexibility index (Phi) is 9.55. The molecule has 0 radical (unpaired) electrons. The van der Waals surface area contributed by atoms with Crippen LogP contribution in [0.25, 0.3) is 0 Å². The molecule has 1 N–H and O–H groups in total. The highest BCUT2D eigenvalue weighted by atomic mass is 16.5. The first kappa shape index (κ1) is 24.6. The average molecular weight is 449 g/mol. The zero-order chi connectivity index (χ0) is 23.5. The fraction of sp³-hybridized carbons (Fsp3) is 0.429. The second kappa shape index (κ2) is 12.8. The molecule has 0 saturated heterocycles. The summed E-state index contributed by atoms with van der Waals surface area (Å²) in [6, 6.07) is 17.0. The summed E-state index contributed by atoms with van der Waals surface area (Å²) >= 11 is 0. The van der Waals surface area contributed by atoms with Crippen LogP contribution in [0.1, 0.15) is 56.6 Å². The van der Waals surface area contributed by atoms with E-state index in [2.05, 4.69) is 11.4 Å². The number of ether oxygens (including phenoxy) is 1. The number of rotatable bonds is 11. The molecule has 2 amide bonds. The van der Waals surface area contributed by atoms with Crippen LogP contribution in [0.3, 0.4) is 0 Å². The number of hydrogen-bond acceptors (Lipinski definition) is 3. The van der Waals surface area contributed by atoms with Crippen LogP contribution in [0, 0.1) is 0 Å². The summed E-state index contributed by atoms with van der Waals surface area (Å²) in [4.78, 5) is 28.1. The Morgan fingerprint density at radius 3 is 2.42 bits per heavy atom. The van der Waals surface area contributed by atoms with Crippen molar-refractivity contribution in [3.8, 4) is 5.75 Å². The monoisotopic (exact) mass is 448 g/mol. The van der Waals surface area contributed by atoms with Crippen LogP contribution in [-0.4, -0.2) is 36.4 Å². The van der Waals surface area contributed by atoms with Gasteiger partial charge in [0.1, 0.15) is 11.8 Å². The van der Waals surface area contributed by atoms with Crippen molar-refractivity contribution in [2.45, 2.75) is 64.5 Å². The standard InChI is InChI=1S/C28H36N2O3/c1-3-27(31)30(21-24-14-16-25(33-2)17-15-24)26(20-23-12-8-5-9-13-23)28(32)29-19-18-22-10-6-4-7-11-22/h5,8-10,12-17,26H,3-4,6-7,11,18-21H2,1-2H3,(H,29,32)/t26-/m0/s1. The molecule has 0 spiro atoms. The van der Waals surface area contributed by atoms with Crippen LogP contribution in [0.5, 0.6) is 5.75 Å². The van der Waals surface area contributed by atoms with E-state index in [0.29, 0.717) is 25.9 Å². The van der Waals surface area contributed by atoms with Gasteiger partial charge in [0.05, 0.1) is 7.11 Å². The molecule has 0 fully saturated rings. The van der Waals surface area contributed by atoms with Gasteiger partial charge in [0.25, 0.3) is 0 Å². The number of allylic oxidation sites excluding steroid dienone is 1. The first-order valence-corrected chi connectivity index (χ1v) is 12.0. The third-order valence-corrected chi connectivity index (χ3v) is 6.22. The number of hydrogen-bond donors (Lipinski definition) is 1. The van der Waals surface area contributed by atoms with Crippen molar-refractivity contribution in [3.63, 3.8) is 0 Å². The topological polar surface area (TPSA) is 58.6 Å². The number of carbonyl (C=O) groups excluding carboxylic acids is 2. The quantitative estimate of drug-likeness (QED) is 0.489. The van der Waals surface area contributed by atoms with Gasteiger partial charge in [-0.1, -0.05) is 61.0 Å². The van der Waals surface area contributed by atoms with E-state index < -0.39 is 6.04 Å². The van der Waals surface area contributed by atoms with Gasteiger partial charge in [0.15, 0.2) is 0 Å². The van der Waals surface area contributed by atoms with Crippen molar-refractivity contribution < 1.29 is 14.3 Å². The minimum atomic E-state index is -0.567. The van der Waals surface area contributed by atoms with Crippen LogP contribution >= 0.6 is 0 Å². The number of nitrogens with zero attached hydrogens (tertiary/aromatic N) is 1. The van der Waals surface area contributed by atoms with Gasteiger partial charge in [-0.3, -0.25) is 9.59 Å². The fourth-order valence-electron chi connectivity index (χ4n) is 4.28. The number of nitrogens with one attached hydrogen (secondary N) is 1. The maximum absolute atomic E-state index is 13.4. The molecule has 2 aromatic rings. The Bertz CT molecular complexity index is 922. The second-order valence-electron chi connectivity index (χ2n) is 8.58. The van der Waals surface area contributed by atoms with Crippen molar-refractivity contribution in [1.82, 2.24) is 10.2 Å². The van der Waals surface area contributed by atoms with Gasteiger partial charge in [-0.05, 0) is 55.4 Å². The van der Waals surface area contributed by atoms with Gasteiger partial charge < -0.3 is 15.0 Å². The molecule has 5 nitrogen and oxygen atoms in total. The minimum absolute atomic E-state index is 0.0307. The molecule has 0 heterocycles. The molecular weight excluding hydrogens is 412 g/mol. The molecule has 0 aliphatic heterocycles. The average Bonchev–Trinajstić information content (AvgIpc) is 2.87. The Hall–Kier alpha value is -3.08. The molecule has 1 aliphatic rings. The van der Waals surface area contributed by atoms with Crippen molar-refractivity contribution in [2.75, 3.05) is 13.7 Å². The number of benzene rings is 2. The Morgan fingerprint density at radius 2 is 1.79 bits per heavy atom. The summed E-state index contributed by atoms with van der Waals surface area (Å²) in [6.45, 7) is 2.83. The Morgan fingerprint density at radius 1 is 1.03 bits per heavy atom. The van der Waals surface area contributed by atoms with Crippen molar-refractivity contribution in [3.05, 3.63) is 77.4 Å². The number of carbonyl (C=O) groups is 2. The summed E-state index contributed by atoms with van der Waals surface area (Å²) < 4.78 is 5.25. The summed E-state index contributed by atoms with van der Waals surface area (Å²) in [7, 11) is 1.63.